The van der Waals surface area contributed by atoms with Gasteiger partial charge in [-0.2, -0.15) is 0 Å². The Kier molecular flexibility index (Phi) is 5.73. The first kappa shape index (κ1) is 22.3. The molecule has 4 aromatic rings. The molecular formula is C24H21FN6O4. The van der Waals surface area contributed by atoms with Crippen LogP contribution in [0.4, 0.5) is 15.0 Å². The number of carbonyl (C=O) groups excluding carboxylic acids is 1. The number of carbonyl (C=O) groups is 2. The lowest BCUT2D eigenvalue weighted by molar-refractivity contribution is -0.117. The maximum absolute atomic E-state index is 13.6. The van der Waals surface area contributed by atoms with Crippen molar-refractivity contribution in [2.45, 2.75) is 25.5 Å². The first-order chi connectivity index (χ1) is 16.9. The molecule has 1 aliphatic heterocycles. The molecule has 1 aliphatic rings. The molecule has 2 amide bonds. The molecule has 1 aromatic carbocycles. The molecule has 0 aliphatic carbocycles. The van der Waals surface area contributed by atoms with Crippen LogP contribution in [-0.2, 0) is 4.79 Å². The third-order valence-corrected chi connectivity index (χ3v) is 5.73. The van der Waals surface area contributed by atoms with E-state index in [9.17, 15) is 14.0 Å². The van der Waals surface area contributed by atoms with Crippen molar-refractivity contribution in [2.24, 2.45) is 0 Å². The Morgan fingerprint density at radius 3 is 2.80 bits per heavy atom. The van der Waals surface area contributed by atoms with Gasteiger partial charge in [0, 0.05) is 30.8 Å². The average Bonchev–Trinajstić information content (AvgIpc) is 3.41. The number of anilines is 1. The fourth-order valence-electron chi connectivity index (χ4n) is 4.02. The molecule has 5 rings (SSSR count). The van der Waals surface area contributed by atoms with Crippen LogP contribution in [0.2, 0.25) is 0 Å². The largest absolute Gasteiger partial charge is 0.469 e. The number of nitrogens with one attached hydrogen (secondary N) is 1. The average molecular weight is 476 g/mol. The third-order valence-electron chi connectivity index (χ3n) is 5.73. The molecule has 1 fully saturated rings. The number of aromatic nitrogens is 4. The summed E-state index contributed by atoms with van der Waals surface area (Å²) in [4.78, 5) is 33.4. The molecule has 2 atom stereocenters. The lowest BCUT2D eigenvalue weighted by Crippen LogP contribution is -2.36. The monoisotopic (exact) mass is 476 g/mol. The Hall–Kier alpha value is -4.54. The van der Waals surface area contributed by atoms with Crippen LogP contribution in [0.15, 0.2) is 60.9 Å². The zero-order chi connectivity index (χ0) is 24.5. The number of nitrogens with zero attached hydrogens (tertiary/aromatic N) is 5. The van der Waals surface area contributed by atoms with Gasteiger partial charge in [-0.1, -0.05) is 12.1 Å². The fraction of sp³-hybridized carbons (Fsp3) is 0.208. The summed E-state index contributed by atoms with van der Waals surface area (Å²) in [6.07, 6.45) is 1.77. The Morgan fingerprint density at radius 2 is 2.06 bits per heavy atom. The summed E-state index contributed by atoms with van der Waals surface area (Å²) in [6, 6.07) is 12.7. The Bertz CT molecular complexity index is 1410. The molecule has 35 heavy (non-hydrogen) atoms. The zero-order valence-electron chi connectivity index (χ0n) is 18.6. The van der Waals surface area contributed by atoms with Crippen molar-refractivity contribution in [3.05, 3.63) is 72.3 Å². The number of hydrogen-bond donors (Lipinski definition) is 2. The fourth-order valence-corrected chi connectivity index (χ4v) is 4.02. The number of rotatable bonds is 6. The summed E-state index contributed by atoms with van der Waals surface area (Å²) in [7, 11) is 0. The van der Waals surface area contributed by atoms with Gasteiger partial charge in [-0.3, -0.25) is 9.69 Å². The lowest BCUT2D eigenvalue weighted by Gasteiger charge is -2.16. The van der Waals surface area contributed by atoms with Gasteiger partial charge in [0.1, 0.15) is 17.7 Å². The second kappa shape index (κ2) is 9.01. The van der Waals surface area contributed by atoms with E-state index in [2.05, 4.69) is 20.4 Å². The normalized spacial score (nSPS) is 16.5. The second-order valence-electron chi connectivity index (χ2n) is 8.16. The maximum Gasteiger partial charge on any atom is 0.404 e. The highest BCUT2D eigenvalue weighted by Crippen LogP contribution is 2.26. The molecule has 0 spiro atoms. The van der Waals surface area contributed by atoms with Crippen LogP contribution in [0.1, 0.15) is 25.0 Å². The minimum absolute atomic E-state index is 0.0870. The number of hydrogen-bond acceptors (Lipinski definition) is 6. The number of halogens is 1. The summed E-state index contributed by atoms with van der Waals surface area (Å²) in [5.41, 5.74) is 2.68. The van der Waals surface area contributed by atoms with Gasteiger partial charge < -0.3 is 15.2 Å². The van der Waals surface area contributed by atoms with Crippen molar-refractivity contribution in [2.75, 3.05) is 11.4 Å². The Labute approximate surface area is 199 Å². The molecule has 1 saturated heterocycles. The van der Waals surface area contributed by atoms with Gasteiger partial charge in [0.05, 0.1) is 17.9 Å². The minimum Gasteiger partial charge on any atom is -0.469 e. The molecule has 11 heteroatoms. The number of imidazole rings is 1. The van der Waals surface area contributed by atoms with E-state index in [1.807, 2.05) is 6.92 Å². The molecule has 3 aromatic heterocycles. The van der Waals surface area contributed by atoms with E-state index in [0.29, 0.717) is 28.6 Å². The van der Waals surface area contributed by atoms with Gasteiger partial charge in [-0.15, -0.1) is 5.10 Å². The van der Waals surface area contributed by atoms with Gasteiger partial charge in [-0.25, -0.2) is 23.7 Å². The van der Waals surface area contributed by atoms with Crippen molar-refractivity contribution >= 4 is 23.5 Å². The van der Waals surface area contributed by atoms with Crippen LogP contribution in [0.3, 0.4) is 0 Å². The number of amides is 2. The summed E-state index contributed by atoms with van der Waals surface area (Å²) in [5, 5.41) is 15.8. The Morgan fingerprint density at radius 1 is 1.20 bits per heavy atom. The molecule has 0 radical (unpaired) electrons. The number of carboxylic acid groups (broad SMARTS) is 1. The summed E-state index contributed by atoms with van der Waals surface area (Å²) >= 11 is 0. The van der Waals surface area contributed by atoms with Gasteiger partial charge in [-0.05, 0) is 42.8 Å². The summed E-state index contributed by atoms with van der Waals surface area (Å²) in [6.45, 7) is 2.03. The van der Waals surface area contributed by atoms with Crippen molar-refractivity contribution < 1.29 is 23.8 Å². The smallest absolute Gasteiger partial charge is 0.404 e. The highest BCUT2D eigenvalue weighted by atomic mass is 19.1. The van der Waals surface area contributed by atoms with Crippen LogP contribution >= 0.6 is 0 Å². The van der Waals surface area contributed by atoms with E-state index >= 15 is 0 Å². The molecule has 0 unspecified atom stereocenters. The van der Waals surface area contributed by atoms with E-state index < -0.39 is 18.2 Å². The number of fused-ring (bicyclic) bond motifs is 1. The number of ether oxygens (including phenoxy) is 1. The molecule has 4 heterocycles. The summed E-state index contributed by atoms with van der Waals surface area (Å²) < 4.78 is 21.1. The SMILES string of the molecule is C[C@@H](Oc1ccc2ncc(-c3ccc(N4C[C@@H](NC(=O)O)CC4=O)nc3)n2n1)c1cccc(F)c1. The molecule has 0 saturated carbocycles. The predicted octanol–water partition coefficient (Wildman–Crippen LogP) is 3.44. The zero-order valence-corrected chi connectivity index (χ0v) is 18.6. The second-order valence-corrected chi connectivity index (χ2v) is 8.16. The molecule has 2 N–H and O–H groups in total. The highest BCUT2D eigenvalue weighted by Gasteiger charge is 2.32. The molecule has 0 bridgehead atoms. The predicted molar refractivity (Wildman–Crippen MR) is 124 cm³/mol. The van der Waals surface area contributed by atoms with Crippen molar-refractivity contribution in [1.29, 1.82) is 0 Å². The van der Waals surface area contributed by atoms with E-state index in [-0.39, 0.29) is 24.7 Å². The number of pyridine rings is 1. The Balaban J connectivity index is 1.36. The lowest BCUT2D eigenvalue weighted by atomic mass is 10.1. The first-order valence-electron chi connectivity index (χ1n) is 10.9. The third kappa shape index (κ3) is 4.60. The molecular weight excluding hydrogens is 455 g/mol. The van der Waals surface area contributed by atoms with Crippen LogP contribution in [0, 0.1) is 5.82 Å². The van der Waals surface area contributed by atoms with Gasteiger partial charge in [0.15, 0.2) is 5.65 Å². The van der Waals surface area contributed by atoms with E-state index in [0.717, 1.165) is 5.56 Å². The topological polar surface area (TPSA) is 122 Å². The van der Waals surface area contributed by atoms with E-state index in [1.165, 1.54) is 17.0 Å². The minimum atomic E-state index is -1.17. The van der Waals surface area contributed by atoms with E-state index in [4.69, 9.17) is 9.84 Å². The molecule has 178 valence electrons. The van der Waals surface area contributed by atoms with Gasteiger partial charge >= 0.3 is 6.09 Å². The van der Waals surface area contributed by atoms with Crippen LogP contribution in [-0.4, -0.2) is 49.3 Å². The highest BCUT2D eigenvalue weighted by molar-refractivity contribution is 5.95. The van der Waals surface area contributed by atoms with E-state index in [1.54, 1.807) is 53.3 Å². The van der Waals surface area contributed by atoms with Gasteiger partial charge in [0.25, 0.3) is 0 Å². The first-order valence-corrected chi connectivity index (χ1v) is 10.9. The van der Waals surface area contributed by atoms with Crippen LogP contribution < -0.4 is 15.0 Å². The standard InChI is InChI=1S/C24H21FN6O4/c1-14(15-3-2-4-17(25)9-15)35-22-8-7-21-27-12-19(31(21)29-22)16-5-6-20(26-11-16)30-13-18(10-23(30)32)28-24(33)34/h2-9,11-12,14,18,28H,10,13H2,1H3,(H,33,34)/t14-,18+/m1/s1. The quantitative estimate of drug-likeness (QED) is 0.437. The molecule has 10 nitrogen and oxygen atoms in total. The van der Waals surface area contributed by atoms with Crippen molar-refractivity contribution in [3.63, 3.8) is 0 Å². The van der Waals surface area contributed by atoms with Crippen LogP contribution in [0.5, 0.6) is 5.88 Å². The van der Waals surface area contributed by atoms with Crippen molar-refractivity contribution in [1.82, 2.24) is 24.9 Å². The van der Waals surface area contributed by atoms with Crippen LogP contribution in [0.25, 0.3) is 16.9 Å². The maximum atomic E-state index is 13.6. The van der Waals surface area contributed by atoms with Crippen molar-refractivity contribution in [3.8, 4) is 17.1 Å². The van der Waals surface area contributed by atoms with Gasteiger partial charge in [0.2, 0.25) is 11.8 Å². The summed E-state index contributed by atoms with van der Waals surface area (Å²) in [5.74, 6) is 0.245. The number of benzene rings is 1.